The van der Waals surface area contributed by atoms with Gasteiger partial charge in [-0.3, -0.25) is 19.7 Å². The first-order valence-corrected chi connectivity index (χ1v) is 8.61. The van der Waals surface area contributed by atoms with Crippen molar-refractivity contribution in [1.29, 1.82) is 0 Å². The lowest BCUT2D eigenvalue weighted by molar-refractivity contribution is -0.129. The fourth-order valence-corrected chi connectivity index (χ4v) is 3.81. The fraction of sp³-hybridized carbons (Fsp3) is 0.222. The van der Waals surface area contributed by atoms with Crippen molar-refractivity contribution in [3.05, 3.63) is 58.1 Å². The van der Waals surface area contributed by atoms with Crippen LogP contribution in [0.2, 0.25) is 0 Å². The second-order valence-corrected chi connectivity index (χ2v) is 7.08. The molecule has 25 heavy (non-hydrogen) atoms. The van der Waals surface area contributed by atoms with Gasteiger partial charge in [0.15, 0.2) is 6.10 Å². The van der Waals surface area contributed by atoms with Crippen molar-refractivity contribution in [2.45, 2.75) is 19.1 Å². The van der Waals surface area contributed by atoms with E-state index in [1.807, 2.05) is 31.2 Å². The number of carbonyl (C=O) groups excluding carboxylic acids is 2. The highest BCUT2D eigenvalue weighted by Crippen LogP contribution is 2.47. The third-order valence-electron chi connectivity index (χ3n) is 4.61. The van der Waals surface area contributed by atoms with Crippen LogP contribution in [-0.2, 0) is 14.4 Å². The lowest BCUT2D eigenvalue weighted by Crippen LogP contribution is -2.33. The number of para-hydroxylation sites is 1. The Morgan fingerprint density at radius 2 is 1.92 bits per heavy atom. The molecular weight excluding hydrogens is 388 g/mol. The highest BCUT2D eigenvalue weighted by Gasteiger charge is 2.57. The van der Waals surface area contributed by atoms with Gasteiger partial charge in [0.05, 0.1) is 11.7 Å². The highest BCUT2D eigenvalue weighted by molar-refractivity contribution is 9.10. The molecule has 2 fully saturated rings. The summed E-state index contributed by atoms with van der Waals surface area (Å²) in [6.45, 7) is 1.92. The molecule has 2 saturated heterocycles. The molecule has 7 heteroatoms. The molecular formula is C18H15BrN2O4. The van der Waals surface area contributed by atoms with Crippen LogP contribution in [0.15, 0.2) is 46.9 Å². The summed E-state index contributed by atoms with van der Waals surface area (Å²) in [5, 5.41) is 14.3. The Kier molecular flexibility index (Phi) is 3.77. The van der Waals surface area contributed by atoms with Crippen molar-refractivity contribution < 1.29 is 19.5 Å². The number of imide groups is 1. The van der Waals surface area contributed by atoms with Crippen LogP contribution in [0.5, 0.6) is 5.75 Å². The summed E-state index contributed by atoms with van der Waals surface area (Å²) in [6, 6.07) is 11.9. The molecule has 4 rings (SSSR count). The number of nitrogens with zero attached hydrogens (tertiary/aromatic N) is 1. The van der Waals surface area contributed by atoms with Crippen molar-refractivity contribution in [2.75, 3.05) is 5.06 Å². The Labute approximate surface area is 152 Å². The topological polar surface area (TPSA) is 78.9 Å². The van der Waals surface area contributed by atoms with E-state index in [4.69, 9.17) is 4.84 Å². The van der Waals surface area contributed by atoms with Gasteiger partial charge in [-0.25, -0.2) is 5.06 Å². The first-order chi connectivity index (χ1) is 12.0. The zero-order valence-electron chi connectivity index (χ0n) is 13.3. The first-order valence-electron chi connectivity index (χ1n) is 7.82. The quantitative estimate of drug-likeness (QED) is 0.754. The Hall–Kier alpha value is -2.38. The molecule has 2 N–H and O–H groups in total. The van der Waals surface area contributed by atoms with E-state index in [0.717, 1.165) is 15.7 Å². The summed E-state index contributed by atoms with van der Waals surface area (Å²) < 4.78 is 0.762. The zero-order valence-corrected chi connectivity index (χ0v) is 14.9. The Bertz CT molecular complexity index is 885. The summed E-state index contributed by atoms with van der Waals surface area (Å²) in [5.41, 5.74) is 2.21. The number of phenols is 1. The molecule has 0 aromatic heterocycles. The second-order valence-electron chi connectivity index (χ2n) is 6.17. The Morgan fingerprint density at radius 3 is 2.68 bits per heavy atom. The first kappa shape index (κ1) is 16.1. The molecule has 2 heterocycles. The van der Waals surface area contributed by atoms with Gasteiger partial charge < -0.3 is 5.11 Å². The van der Waals surface area contributed by atoms with Crippen LogP contribution in [0.3, 0.4) is 0 Å². The SMILES string of the molecule is Cc1ccccc1N1OC2C(=O)NC(=O)C2C1c1cc(Br)ccc1O. The fourth-order valence-electron chi connectivity index (χ4n) is 3.43. The third-order valence-corrected chi connectivity index (χ3v) is 5.11. The summed E-state index contributed by atoms with van der Waals surface area (Å²) in [7, 11) is 0. The van der Waals surface area contributed by atoms with Gasteiger partial charge in [0, 0.05) is 10.0 Å². The van der Waals surface area contributed by atoms with Crippen LogP contribution >= 0.6 is 15.9 Å². The van der Waals surface area contributed by atoms with Crippen molar-refractivity contribution in [3.63, 3.8) is 0 Å². The number of aryl methyl sites for hydroxylation is 1. The van der Waals surface area contributed by atoms with Gasteiger partial charge in [0.1, 0.15) is 11.7 Å². The molecule has 2 amide bonds. The molecule has 2 aliphatic heterocycles. The standard InChI is InChI=1S/C18H15BrN2O4/c1-9-4-2-3-5-12(9)21-15(11-8-10(19)6-7-13(11)22)14-16(25-21)18(24)20-17(14)23/h2-8,14-16,22H,1H3,(H,20,23,24). The number of hydrogen-bond donors (Lipinski definition) is 2. The van der Waals surface area contributed by atoms with Gasteiger partial charge in [0.2, 0.25) is 5.91 Å². The number of hydrogen-bond acceptors (Lipinski definition) is 5. The number of carbonyl (C=O) groups is 2. The van der Waals surface area contributed by atoms with E-state index < -0.39 is 29.9 Å². The average molecular weight is 403 g/mol. The van der Waals surface area contributed by atoms with Gasteiger partial charge in [-0.15, -0.1) is 0 Å². The zero-order chi connectivity index (χ0) is 17.7. The molecule has 0 radical (unpaired) electrons. The molecule has 3 unspecified atom stereocenters. The number of fused-ring (bicyclic) bond motifs is 1. The molecule has 2 aliphatic rings. The predicted octanol–water partition coefficient (Wildman–Crippen LogP) is 2.60. The Morgan fingerprint density at radius 1 is 1.16 bits per heavy atom. The minimum Gasteiger partial charge on any atom is -0.508 e. The van der Waals surface area contributed by atoms with Crippen molar-refractivity contribution >= 4 is 33.4 Å². The van der Waals surface area contributed by atoms with E-state index in [9.17, 15) is 14.7 Å². The highest BCUT2D eigenvalue weighted by atomic mass is 79.9. The number of hydroxylamine groups is 1. The van der Waals surface area contributed by atoms with E-state index in [0.29, 0.717) is 5.56 Å². The maximum Gasteiger partial charge on any atom is 0.259 e. The number of aromatic hydroxyl groups is 1. The maximum atomic E-state index is 12.4. The Balaban J connectivity index is 1.88. The van der Waals surface area contributed by atoms with E-state index in [-0.39, 0.29) is 5.75 Å². The monoisotopic (exact) mass is 402 g/mol. The minimum atomic E-state index is -0.907. The number of phenolic OH excluding ortho intramolecular Hbond substituents is 1. The summed E-state index contributed by atoms with van der Waals surface area (Å²) in [4.78, 5) is 30.3. The smallest absolute Gasteiger partial charge is 0.259 e. The van der Waals surface area contributed by atoms with Crippen LogP contribution in [-0.4, -0.2) is 23.0 Å². The summed E-state index contributed by atoms with van der Waals surface area (Å²) in [6.07, 6.45) is -0.907. The van der Waals surface area contributed by atoms with Gasteiger partial charge in [0.25, 0.3) is 5.91 Å². The lowest BCUT2D eigenvalue weighted by Gasteiger charge is -2.28. The number of anilines is 1. The van der Waals surface area contributed by atoms with Crippen molar-refractivity contribution in [1.82, 2.24) is 5.32 Å². The molecule has 2 aromatic rings. The van der Waals surface area contributed by atoms with Gasteiger partial charge in [-0.05, 0) is 36.8 Å². The number of amides is 2. The summed E-state index contributed by atoms with van der Waals surface area (Å²) in [5.74, 6) is -1.53. The molecule has 0 spiro atoms. The number of rotatable bonds is 2. The average Bonchev–Trinajstić information content (AvgIpc) is 3.09. The molecule has 2 aromatic carbocycles. The maximum absolute atomic E-state index is 12.4. The van der Waals surface area contributed by atoms with Crippen LogP contribution in [0.25, 0.3) is 0 Å². The van der Waals surface area contributed by atoms with Gasteiger partial charge in [-0.2, -0.15) is 0 Å². The third kappa shape index (κ3) is 2.51. The van der Waals surface area contributed by atoms with E-state index >= 15 is 0 Å². The number of nitrogens with one attached hydrogen (secondary N) is 1. The second kappa shape index (κ2) is 5.86. The summed E-state index contributed by atoms with van der Waals surface area (Å²) >= 11 is 3.40. The molecule has 128 valence electrons. The van der Waals surface area contributed by atoms with Gasteiger partial charge >= 0.3 is 0 Å². The molecule has 0 bridgehead atoms. The molecule has 0 saturated carbocycles. The van der Waals surface area contributed by atoms with E-state index in [1.165, 1.54) is 0 Å². The van der Waals surface area contributed by atoms with E-state index in [1.54, 1.807) is 23.3 Å². The van der Waals surface area contributed by atoms with Crippen LogP contribution in [0.4, 0.5) is 5.69 Å². The number of benzene rings is 2. The normalized spacial score (nSPS) is 25.2. The van der Waals surface area contributed by atoms with Gasteiger partial charge in [-0.1, -0.05) is 34.1 Å². The van der Waals surface area contributed by atoms with Crippen molar-refractivity contribution in [3.8, 4) is 5.75 Å². The largest absolute Gasteiger partial charge is 0.508 e. The molecule has 6 nitrogen and oxygen atoms in total. The van der Waals surface area contributed by atoms with Crippen LogP contribution in [0.1, 0.15) is 17.2 Å². The van der Waals surface area contributed by atoms with Crippen LogP contribution in [0, 0.1) is 12.8 Å². The lowest BCUT2D eigenvalue weighted by atomic mass is 9.90. The predicted molar refractivity (Wildman–Crippen MR) is 93.7 cm³/mol. The van der Waals surface area contributed by atoms with E-state index in [2.05, 4.69) is 21.2 Å². The minimum absolute atomic E-state index is 0.0446. The van der Waals surface area contributed by atoms with Crippen molar-refractivity contribution in [2.24, 2.45) is 5.92 Å². The molecule has 0 aliphatic carbocycles. The number of halogens is 1. The molecule has 3 atom stereocenters. The van der Waals surface area contributed by atoms with Crippen LogP contribution < -0.4 is 10.4 Å².